The molecule has 0 aliphatic carbocycles. The average molecular weight is 242 g/mol. The van der Waals surface area contributed by atoms with Crippen molar-refractivity contribution in [1.82, 2.24) is 15.1 Å². The van der Waals surface area contributed by atoms with Crippen molar-refractivity contribution >= 4 is 6.03 Å². The first-order valence-corrected chi connectivity index (χ1v) is 6.69. The number of rotatable bonds is 5. The highest BCUT2D eigenvalue weighted by atomic mass is 16.2. The molecule has 0 aromatic rings. The van der Waals surface area contributed by atoms with Gasteiger partial charge < -0.3 is 16.0 Å². The molecule has 0 aromatic heterocycles. The first-order chi connectivity index (χ1) is 8.22. The fraction of sp³-hybridized carbons (Fsp3) is 0.917. The molecule has 1 heterocycles. The Balaban J connectivity index is 2.36. The van der Waals surface area contributed by atoms with E-state index in [-0.39, 0.29) is 6.03 Å². The van der Waals surface area contributed by atoms with E-state index in [1.54, 1.807) is 0 Å². The second kappa shape index (κ2) is 7.50. The van der Waals surface area contributed by atoms with E-state index >= 15 is 0 Å². The molecule has 100 valence electrons. The van der Waals surface area contributed by atoms with Crippen molar-refractivity contribution < 1.29 is 4.79 Å². The first-order valence-electron chi connectivity index (χ1n) is 6.69. The number of hydrogen-bond acceptors (Lipinski definition) is 3. The van der Waals surface area contributed by atoms with Gasteiger partial charge >= 0.3 is 6.03 Å². The van der Waals surface area contributed by atoms with E-state index in [0.29, 0.717) is 12.6 Å². The Labute approximate surface area is 104 Å². The van der Waals surface area contributed by atoms with Crippen LogP contribution in [0.4, 0.5) is 4.79 Å². The largest absolute Gasteiger partial charge is 0.338 e. The first kappa shape index (κ1) is 14.3. The van der Waals surface area contributed by atoms with Crippen LogP contribution in [0, 0.1) is 0 Å². The topological polar surface area (TPSA) is 61.6 Å². The number of urea groups is 1. The molecule has 5 heteroatoms. The normalized spacial score (nSPS) is 19.1. The summed E-state index contributed by atoms with van der Waals surface area (Å²) in [6.07, 6.45) is 2.32. The van der Waals surface area contributed by atoms with E-state index in [2.05, 4.69) is 17.1 Å². The Morgan fingerprint density at radius 1 is 1.29 bits per heavy atom. The van der Waals surface area contributed by atoms with Crippen LogP contribution >= 0.6 is 0 Å². The predicted octanol–water partition coefficient (Wildman–Crippen LogP) is 0.461. The molecule has 1 aliphatic heterocycles. The number of nitrogens with two attached hydrogens (primary N) is 1. The van der Waals surface area contributed by atoms with Crippen molar-refractivity contribution in [3.05, 3.63) is 0 Å². The molecule has 1 rings (SSSR count). The minimum absolute atomic E-state index is 0.0620. The van der Waals surface area contributed by atoms with Gasteiger partial charge in [0.05, 0.1) is 0 Å². The van der Waals surface area contributed by atoms with Crippen LogP contribution in [0.2, 0.25) is 0 Å². The molecule has 0 radical (unpaired) electrons. The quantitative estimate of drug-likeness (QED) is 0.736. The van der Waals surface area contributed by atoms with Gasteiger partial charge in [0.15, 0.2) is 0 Å². The van der Waals surface area contributed by atoms with Gasteiger partial charge in [-0.1, -0.05) is 13.3 Å². The van der Waals surface area contributed by atoms with Crippen LogP contribution in [0.15, 0.2) is 0 Å². The van der Waals surface area contributed by atoms with Crippen LogP contribution in [-0.2, 0) is 0 Å². The van der Waals surface area contributed by atoms with E-state index in [0.717, 1.165) is 39.1 Å². The highest BCUT2D eigenvalue weighted by Crippen LogP contribution is 2.10. The molecule has 1 atom stereocenters. The lowest BCUT2D eigenvalue weighted by atomic mass is 10.1. The van der Waals surface area contributed by atoms with Gasteiger partial charge in [0.25, 0.3) is 0 Å². The van der Waals surface area contributed by atoms with E-state index in [1.807, 2.05) is 11.8 Å². The van der Waals surface area contributed by atoms with E-state index in [1.165, 1.54) is 6.42 Å². The summed E-state index contributed by atoms with van der Waals surface area (Å²) in [6, 6.07) is 0.545. The predicted molar refractivity (Wildman–Crippen MR) is 70.0 cm³/mol. The van der Waals surface area contributed by atoms with Crippen LogP contribution in [-0.4, -0.2) is 61.1 Å². The van der Waals surface area contributed by atoms with Gasteiger partial charge in [-0.25, -0.2) is 4.79 Å². The zero-order chi connectivity index (χ0) is 12.7. The third-order valence-corrected chi connectivity index (χ3v) is 3.34. The van der Waals surface area contributed by atoms with Crippen LogP contribution in [0.1, 0.15) is 26.7 Å². The lowest BCUT2D eigenvalue weighted by Crippen LogP contribution is -2.55. The van der Waals surface area contributed by atoms with Crippen molar-refractivity contribution in [2.75, 3.05) is 39.3 Å². The Kier molecular flexibility index (Phi) is 6.29. The molecule has 1 fully saturated rings. The monoisotopic (exact) mass is 242 g/mol. The maximum Gasteiger partial charge on any atom is 0.317 e. The fourth-order valence-electron chi connectivity index (χ4n) is 2.34. The van der Waals surface area contributed by atoms with Gasteiger partial charge in [-0.05, 0) is 13.3 Å². The summed E-state index contributed by atoms with van der Waals surface area (Å²) < 4.78 is 0. The number of hydrogen-bond donors (Lipinski definition) is 2. The van der Waals surface area contributed by atoms with Crippen molar-refractivity contribution in [3.8, 4) is 0 Å². The molecule has 1 aliphatic rings. The fourth-order valence-corrected chi connectivity index (χ4v) is 2.34. The number of nitrogens with zero attached hydrogens (tertiary/aromatic N) is 2. The Morgan fingerprint density at radius 2 is 1.94 bits per heavy atom. The second-order valence-corrected chi connectivity index (χ2v) is 4.54. The van der Waals surface area contributed by atoms with E-state index in [4.69, 9.17) is 5.73 Å². The Morgan fingerprint density at radius 3 is 2.41 bits per heavy atom. The molecule has 17 heavy (non-hydrogen) atoms. The third kappa shape index (κ3) is 4.16. The van der Waals surface area contributed by atoms with E-state index in [9.17, 15) is 4.79 Å². The molecule has 1 saturated heterocycles. The number of nitrogens with one attached hydrogen (secondary N) is 1. The Bertz CT molecular complexity index is 227. The summed E-state index contributed by atoms with van der Waals surface area (Å²) in [4.78, 5) is 15.9. The van der Waals surface area contributed by atoms with Crippen LogP contribution in [0.3, 0.4) is 0 Å². The molecule has 0 spiro atoms. The van der Waals surface area contributed by atoms with Gasteiger partial charge in [0.1, 0.15) is 0 Å². The van der Waals surface area contributed by atoms with Gasteiger partial charge in [-0.3, -0.25) is 4.90 Å². The summed E-state index contributed by atoms with van der Waals surface area (Å²) in [7, 11) is 0. The van der Waals surface area contributed by atoms with Gasteiger partial charge in [-0.2, -0.15) is 0 Å². The summed E-state index contributed by atoms with van der Waals surface area (Å²) in [5, 5.41) is 2.84. The molecular formula is C12H26N4O. The number of carbonyl (C=O) groups is 1. The van der Waals surface area contributed by atoms with Gasteiger partial charge in [0, 0.05) is 45.3 Å². The zero-order valence-corrected chi connectivity index (χ0v) is 11.1. The highest BCUT2D eigenvalue weighted by molar-refractivity contribution is 5.74. The maximum absolute atomic E-state index is 11.6. The molecule has 3 N–H and O–H groups in total. The van der Waals surface area contributed by atoms with Crippen molar-refractivity contribution in [2.24, 2.45) is 5.73 Å². The zero-order valence-electron chi connectivity index (χ0n) is 11.1. The lowest BCUT2D eigenvalue weighted by molar-refractivity contribution is 0.106. The molecule has 0 aromatic carbocycles. The number of carbonyl (C=O) groups excluding carboxylic acids is 1. The Hall–Kier alpha value is -0.810. The van der Waals surface area contributed by atoms with Gasteiger partial charge in [0.2, 0.25) is 0 Å². The van der Waals surface area contributed by atoms with Crippen LogP contribution in [0.5, 0.6) is 0 Å². The summed E-state index contributed by atoms with van der Waals surface area (Å²) in [5.74, 6) is 0. The molecule has 2 amide bonds. The molecule has 0 saturated carbocycles. The SMILES string of the molecule is CCCC(CN)N1CCN(C(=O)NCC)CC1. The standard InChI is InChI=1S/C12H26N4O/c1-3-5-11(10-13)15-6-8-16(9-7-15)12(17)14-4-2/h11H,3-10,13H2,1-2H3,(H,14,17). The van der Waals surface area contributed by atoms with Crippen molar-refractivity contribution in [2.45, 2.75) is 32.7 Å². The minimum atomic E-state index is 0.0620. The second-order valence-electron chi connectivity index (χ2n) is 4.54. The minimum Gasteiger partial charge on any atom is -0.338 e. The third-order valence-electron chi connectivity index (χ3n) is 3.34. The molecule has 5 nitrogen and oxygen atoms in total. The van der Waals surface area contributed by atoms with E-state index < -0.39 is 0 Å². The number of piperazine rings is 1. The highest BCUT2D eigenvalue weighted by Gasteiger charge is 2.24. The summed E-state index contributed by atoms with van der Waals surface area (Å²) in [5.41, 5.74) is 5.80. The maximum atomic E-state index is 11.6. The summed E-state index contributed by atoms with van der Waals surface area (Å²) >= 11 is 0. The average Bonchev–Trinajstić information content (AvgIpc) is 2.36. The molecule has 0 bridgehead atoms. The van der Waals surface area contributed by atoms with Crippen LogP contribution in [0.25, 0.3) is 0 Å². The molecule has 1 unspecified atom stereocenters. The number of amides is 2. The van der Waals surface area contributed by atoms with Crippen molar-refractivity contribution in [1.29, 1.82) is 0 Å². The lowest BCUT2D eigenvalue weighted by Gasteiger charge is -2.38. The molecular weight excluding hydrogens is 216 g/mol. The van der Waals surface area contributed by atoms with Crippen LogP contribution < -0.4 is 11.1 Å². The van der Waals surface area contributed by atoms with Crippen molar-refractivity contribution in [3.63, 3.8) is 0 Å². The van der Waals surface area contributed by atoms with Gasteiger partial charge in [-0.15, -0.1) is 0 Å². The smallest absolute Gasteiger partial charge is 0.317 e. The summed E-state index contributed by atoms with van der Waals surface area (Å²) in [6.45, 7) is 9.05.